The van der Waals surface area contributed by atoms with Crippen molar-refractivity contribution in [2.24, 2.45) is 0 Å². The minimum absolute atomic E-state index is 0.936. The molecule has 0 unspecified atom stereocenters. The van der Waals surface area contributed by atoms with Gasteiger partial charge in [0.1, 0.15) is 5.82 Å². The fourth-order valence-electron chi connectivity index (χ4n) is 1.91. The highest BCUT2D eigenvalue weighted by Gasteiger charge is 2.05. The fourth-order valence-corrected chi connectivity index (χ4v) is 1.91. The topological polar surface area (TPSA) is 29.9 Å². The molecule has 0 aliphatic rings. The summed E-state index contributed by atoms with van der Waals surface area (Å²) in [7, 11) is 0. The summed E-state index contributed by atoms with van der Waals surface area (Å²) in [6.07, 6.45) is 7.24. The van der Waals surface area contributed by atoms with Crippen LogP contribution in [0, 0.1) is 6.92 Å². The van der Waals surface area contributed by atoms with Crippen LogP contribution in [0.5, 0.6) is 0 Å². The number of nitrogens with zero attached hydrogens (tertiary/aromatic N) is 2. The van der Waals surface area contributed by atoms with Crippen LogP contribution < -0.4 is 5.32 Å². The van der Waals surface area contributed by atoms with Gasteiger partial charge in [-0.1, -0.05) is 33.1 Å². The lowest BCUT2D eigenvalue weighted by molar-refractivity contribution is 0.547. The van der Waals surface area contributed by atoms with E-state index < -0.39 is 0 Å². The molecular weight excluding hydrogens is 198 g/mol. The molecule has 3 nitrogen and oxygen atoms in total. The molecule has 16 heavy (non-hydrogen) atoms. The van der Waals surface area contributed by atoms with Crippen molar-refractivity contribution < 1.29 is 0 Å². The molecule has 0 saturated carbocycles. The van der Waals surface area contributed by atoms with Gasteiger partial charge >= 0.3 is 0 Å². The first-order valence-electron chi connectivity index (χ1n) is 6.51. The second kappa shape index (κ2) is 7.44. The van der Waals surface area contributed by atoms with E-state index in [1.165, 1.54) is 31.4 Å². The fraction of sp³-hybridized carbons (Fsp3) is 0.769. The van der Waals surface area contributed by atoms with E-state index in [0.29, 0.717) is 0 Å². The van der Waals surface area contributed by atoms with E-state index >= 15 is 0 Å². The number of rotatable bonds is 8. The first-order chi connectivity index (χ1) is 7.79. The molecule has 92 valence electrons. The van der Waals surface area contributed by atoms with Gasteiger partial charge in [0.15, 0.2) is 0 Å². The van der Waals surface area contributed by atoms with Crippen molar-refractivity contribution in [1.29, 1.82) is 0 Å². The Labute approximate surface area is 99.3 Å². The maximum absolute atomic E-state index is 4.39. The number of hydrogen-bond donors (Lipinski definition) is 1. The van der Waals surface area contributed by atoms with E-state index in [2.05, 4.69) is 35.6 Å². The number of imidazole rings is 1. The lowest BCUT2D eigenvalue weighted by Crippen LogP contribution is -2.16. The molecule has 1 aromatic heterocycles. The second-order valence-electron chi connectivity index (χ2n) is 4.29. The Morgan fingerprint density at radius 1 is 1.25 bits per heavy atom. The quantitative estimate of drug-likeness (QED) is 0.687. The van der Waals surface area contributed by atoms with Crippen molar-refractivity contribution in [3.8, 4) is 0 Å². The molecule has 1 N–H and O–H groups in total. The Morgan fingerprint density at radius 2 is 2.06 bits per heavy atom. The summed E-state index contributed by atoms with van der Waals surface area (Å²) in [6, 6.07) is 0. The highest BCUT2D eigenvalue weighted by atomic mass is 15.1. The Kier molecular flexibility index (Phi) is 6.16. The third-order valence-corrected chi connectivity index (χ3v) is 2.93. The Morgan fingerprint density at radius 3 is 2.75 bits per heavy atom. The molecule has 0 aliphatic heterocycles. The summed E-state index contributed by atoms with van der Waals surface area (Å²) in [5, 5.41) is 3.36. The van der Waals surface area contributed by atoms with Gasteiger partial charge in [-0.05, 0) is 19.9 Å². The van der Waals surface area contributed by atoms with E-state index in [1.54, 1.807) is 0 Å². The van der Waals surface area contributed by atoms with Crippen LogP contribution in [-0.4, -0.2) is 16.1 Å². The van der Waals surface area contributed by atoms with Crippen molar-refractivity contribution in [2.75, 3.05) is 6.54 Å². The normalized spacial score (nSPS) is 10.9. The van der Waals surface area contributed by atoms with Gasteiger partial charge in [0.2, 0.25) is 0 Å². The molecule has 1 rings (SSSR count). The summed E-state index contributed by atoms with van der Waals surface area (Å²) < 4.78 is 2.35. The number of hydrogen-bond acceptors (Lipinski definition) is 2. The number of aryl methyl sites for hydroxylation is 1. The first kappa shape index (κ1) is 13.2. The zero-order valence-corrected chi connectivity index (χ0v) is 10.9. The summed E-state index contributed by atoms with van der Waals surface area (Å²) in [5.74, 6) is 1.14. The van der Waals surface area contributed by atoms with E-state index in [1.807, 2.05) is 6.20 Å². The predicted octanol–water partition coefficient (Wildman–Crippen LogP) is 2.88. The Balaban J connectivity index is 2.45. The molecule has 0 amide bonds. The van der Waals surface area contributed by atoms with Crippen LogP contribution in [0.4, 0.5) is 0 Å². The van der Waals surface area contributed by atoms with E-state index in [4.69, 9.17) is 0 Å². The molecule has 0 saturated heterocycles. The predicted molar refractivity (Wildman–Crippen MR) is 68.5 cm³/mol. The zero-order chi connectivity index (χ0) is 11.8. The molecule has 0 bridgehead atoms. The van der Waals surface area contributed by atoms with Crippen LogP contribution in [0.25, 0.3) is 0 Å². The number of unbranched alkanes of at least 4 members (excludes halogenated alkanes) is 3. The average Bonchev–Trinajstić information content (AvgIpc) is 2.63. The number of nitrogens with one attached hydrogen (secondary N) is 1. The van der Waals surface area contributed by atoms with Crippen molar-refractivity contribution in [1.82, 2.24) is 14.9 Å². The van der Waals surface area contributed by atoms with Gasteiger partial charge in [0, 0.05) is 19.3 Å². The molecule has 0 aliphatic carbocycles. The largest absolute Gasteiger partial charge is 0.331 e. The van der Waals surface area contributed by atoms with Gasteiger partial charge < -0.3 is 9.88 Å². The Hall–Kier alpha value is -0.830. The molecule has 0 aromatic carbocycles. The highest BCUT2D eigenvalue weighted by Crippen LogP contribution is 2.08. The molecule has 1 heterocycles. The maximum Gasteiger partial charge on any atom is 0.105 e. The molecular formula is C13H25N3. The second-order valence-corrected chi connectivity index (χ2v) is 4.29. The van der Waals surface area contributed by atoms with Gasteiger partial charge in [-0.3, -0.25) is 0 Å². The highest BCUT2D eigenvalue weighted by molar-refractivity contribution is 5.04. The van der Waals surface area contributed by atoms with Crippen LogP contribution >= 0.6 is 0 Å². The standard InChI is InChI=1S/C13H25N3/c1-4-6-7-8-9-16-12(3)15-11-13(16)10-14-5-2/h11,14H,4-10H2,1-3H3. The van der Waals surface area contributed by atoms with Crippen molar-refractivity contribution in [3.63, 3.8) is 0 Å². The van der Waals surface area contributed by atoms with Crippen LogP contribution in [-0.2, 0) is 13.1 Å². The zero-order valence-electron chi connectivity index (χ0n) is 10.9. The summed E-state index contributed by atoms with van der Waals surface area (Å²) in [6.45, 7) is 9.54. The maximum atomic E-state index is 4.39. The van der Waals surface area contributed by atoms with Crippen LogP contribution in [0.15, 0.2) is 6.20 Å². The van der Waals surface area contributed by atoms with E-state index in [-0.39, 0.29) is 0 Å². The lowest BCUT2D eigenvalue weighted by Gasteiger charge is -2.10. The molecule has 0 radical (unpaired) electrons. The molecule has 3 heteroatoms. The first-order valence-corrected chi connectivity index (χ1v) is 6.51. The minimum atomic E-state index is 0.936. The summed E-state index contributed by atoms with van der Waals surface area (Å²) in [5.41, 5.74) is 1.32. The SMILES string of the molecule is CCCCCCn1c(CNCC)cnc1C. The number of aromatic nitrogens is 2. The van der Waals surface area contributed by atoms with Gasteiger partial charge in [-0.2, -0.15) is 0 Å². The van der Waals surface area contributed by atoms with Crippen LogP contribution in [0.1, 0.15) is 51.0 Å². The van der Waals surface area contributed by atoms with Gasteiger partial charge in [0.05, 0.1) is 5.69 Å². The molecule has 0 fully saturated rings. The lowest BCUT2D eigenvalue weighted by atomic mass is 10.2. The van der Waals surface area contributed by atoms with Crippen LogP contribution in [0.3, 0.4) is 0 Å². The molecule has 0 spiro atoms. The van der Waals surface area contributed by atoms with Gasteiger partial charge in [-0.25, -0.2) is 4.98 Å². The van der Waals surface area contributed by atoms with Crippen LogP contribution in [0.2, 0.25) is 0 Å². The third-order valence-electron chi connectivity index (χ3n) is 2.93. The summed E-state index contributed by atoms with van der Waals surface area (Å²) in [4.78, 5) is 4.39. The minimum Gasteiger partial charge on any atom is -0.331 e. The van der Waals surface area contributed by atoms with E-state index in [0.717, 1.165) is 25.5 Å². The monoisotopic (exact) mass is 223 g/mol. The summed E-state index contributed by atoms with van der Waals surface area (Å²) >= 11 is 0. The molecule has 0 atom stereocenters. The van der Waals surface area contributed by atoms with Crippen molar-refractivity contribution in [2.45, 2.75) is 59.5 Å². The Bertz CT molecular complexity index is 291. The van der Waals surface area contributed by atoms with Crippen molar-refractivity contribution in [3.05, 3.63) is 17.7 Å². The van der Waals surface area contributed by atoms with Gasteiger partial charge in [-0.15, -0.1) is 0 Å². The van der Waals surface area contributed by atoms with E-state index in [9.17, 15) is 0 Å². The average molecular weight is 223 g/mol. The third kappa shape index (κ3) is 3.97. The van der Waals surface area contributed by atoms with Crippen molar-refractivity contribution >= 4 is 0 Å². The molecule has 1 aromatic rings. The smallest absolute Gasteiger partial charge is 0.105 e. The van der Waals surface area contributed by atoms with Gasteiger partial charge in [0.25, 0.3) is 0 Å².